The fourth-order valence-corrected chi connectivity index (χ4v) is 7.20. The van der Waals surface area contributed by atoms with E-state index in [1.54, 1.807) is 0 Å². The number of amides is 2. The van der Waals surface area contributed by atoms with Gasteiger partial charge in [0.1, 0.15) is 17.5 Å². The predicted molar refractivity (Wildman–Crippen MR) is 155 cm³/mol. The van der Waals surface area contributed by atoms with Gasteiger partial charge in [-0.1, -0.05) is 44.2 Å². The first-order chi connectivity index (χ1) is 20.2. The Morgan fingerprint density at radius 3 is 2.62 bits per heavy atom. The summed E-state index contributed by atoms with van der Waals surface area (Å²) in [5, 5.41) is 6.00. The summed E-state index contributed by atoms with van der Waals surface area (Å²) in [7, 11) is -0.587. The van der Waals surface area contributed by atoms with Crippen LogP contribution >= 0.6 is 0 Å². The van der Waals surface area contributed by atoms with Gasteiger partial charge in [0.15, 0.2) is 6.39 Å². The summed E-state index contributed by atoms with van der Waals surface area (Å²) in [6.07, 6.45) is 11.7. The maximum Gasteiger partial charge on any atom is 0.481 e. The van der Waals surface area contributed by atoms with Crippen LogP contribution in [-0.2, 0) is 26.9 Å². The highest BCUT2D eigenvalue weighted by atomic mass is 16.7. The van der Waals surface area contributed by atoms with Gasteiger partial charge in [0.05, 0.1) is 30.0 Å². The summed E-state index contributed by atoms with van der Waals surface area (Å²) in [5.74, 6) is 0.239. The van der Waals surface area contributed by atoms with Crippen LogP contribution in [0.25, 0.3) is 0 Å². The number of aromatic nitrogens is 3. The Morgan fingerprint density at radius 1 is 1.07 bits per heavy atom. The SMILES string of the molecule is CC1(C)[C@@H]2C[C@H]3OB([C@H](CCCc4ccccc4)NC(=O)[C@@H](Cc4cnco4)NC(=O)c4cnccn4)O[C@@]3(C)[C@H]1C2. The van der Waals surface area contributed by atoms with Crippen LogP contribution in [0.5, 0.6) is 0 Å². The van der Waals surface area contributed by atoms with Crippen LogP contribution in [0.4, 0.5) is 0 Å². The number of benzene rings is 1. The molecule has 11 heteroatoms. The molecule has 3 aliphatic carbocycles. The molecular weight excluding hydrogens is 533 g/mol. The molecule has 3 heterocycles. The third-order valence-corrected chi connectivity index (χ3v) is 9.75. The summed E-state index contributed by atoms with van der Waals surface area (Å²) in [5.41, 5.74) is 1.17. The zero-order chi connectivity index (χ0) is 29.3. The highest BCUT2D eigenvalue weighted by molar-refractivity contribution is 6.47. The highest BCUT2D eigenvalue weighted by Gasteiger charge is 2.68. The molecule has 42 heavy (non-hydrogen) atoms. The Kier molecular flexibility index (Phi) is 7.89. The Hall–Kier alpha value is -3.57. The van der Waals surface area contributed by atoms with Gasteiger partial charge in [-0.15, -0.1) is 0 Å². The summed E-state index contributed by atoms with van der Waals surface area (Å²) >= 11 is 0. The molecule has 3 saturated carbocycles. The normalized spacial score (nSPS) is 26.9. The van der Waals surface area contributed by atoms with E-state index in [1.165, 1.54) is 36.7 Å². The second kappa shape index (κ2) is 11.6. The molecular formula is C31H38BN5O5. The molecule has 1 aromatic carbocycles. The van der Waals surface area contributed by atoms with Crippen LogP contribution in [0.15, 0.2) is 65.9 Å². The van der Waals surface area contributed by atoms with Crippen LogP contribution in [0, 0.1) is 17.3 Å². The fraction of sp³-hybridized carbons (Fsp3) is 0.516. The van der Waals surface area contributed by atoms with Gasteiger partial charge in [0.25, 0.3) is 5.91 Å². The molecule has 2 amide bonds. The van der Waals surface area contributed by atoms with E-state index < -0.39 is 30.6 Å². The van der Waals surface area contributed by atoms with Crippen molar-refractivity contribution in [2.75, 3.05) is 0 Å². The standard InChI is InChI=1S/C31H38BN5O5/c1-30(2)21-14-25(30)31(3)26(15-21)41-32(42-31)27(11-7-10-20-8-5-4-6-9-20)37-28(38)23(16-22-17-34-19-40-22)36-29(39)24-18-33-12-13-35-24/h4-6,8-9,12-13,17-19,21,23,25-27H,7,10-11,14-16H2,1-3H3,(H,36,39)(H,37,38)/t21-,23+,25-,26+,27-,31-/m0/s1. The lowest BCUT2D eigenvalue weighted by Crippen LogP contribution is -2.65. The summed E-state index contributed by atoms with van der Waals surface area (Å²) in [4.78, 5) is 38.9. The molecule has 2 N–H and O–H groups in total. The van der Waals surface area contributed by atoms with Gasteiger partial charge in [-0.2, -0.15) is 0 Å². The van der Waals surface area contributed by atoms with Gasteiger partial charge >= 0.3 is 7.12 Å². The van der Waals surface area contributed by atoms with E-state index in [2.05, 4.69) is 58.5 Å². The number of hydrogen-bond donors (Lipinski definition) is 2. The molecule has 4 aliphatic rings. The Balaban J connectivity index is 1.20. The Morgan fingerprint density at radius 2 is 1.90 bits per heavy atom. The minimum absolute atomic E-state index is 0.00542. The van der Waals surface area contributed by atoms with Gasteiger partial charge in [0, 0.05) is 18.8 Å². The molecule has 0 radical (unpaired) electrons. The van der Waals surface area contributed by atoms with Crippen LogP contribution < -0.4 is 10.6 Å². The second-order valence-electron chi connectivity index (χ2n) is 12.6. The number of carbonyl (C=O) groups excluding carboxylic acids is 2. The molecule has 1 saturated heterocycles. The van der Waals surface area contributed by atoms with Crippen molar-refractivity contribution in [3.05, 3.63) is 78.5 Å². The van der Waals surface area contributed by atoms with Gasteiger partial charge < -0.3 is 24.4 Å². The highest BCUT2D eigenvalue weighted by Crippen LogP contribution is 2.65. The van der Waals surface area contributed by atoms with Crippen molar-refractivity contribution in [2.24, 2.45) is 17.3 Å². The first-order valence-corrected chi connectivity index (χ1v) is 14.9. The maximum atomic E-state index is 13.9. The van der Waals surface area contributed by atoms with Crippen molar-refractivity contribution in [3.63, 3.8) is 0 Å². The van der Waals surface area contributed by atoms with Gasteiger partial charge in [-0.25, -0.2) is 9.97 Å². The molecule has 4 fully saturated rings. The number of rotatable bonds is 11. The second-order valence-corrected chi connectivity index (χ2v) is 12.6. The molecule has 1 aliphatic heterocycles. The fourth-order valence-electron chi connectivity index (χ4n) is 7.20. The minimum Gasteiger partial charge on any atom is -0.448 e. The molecule has 3 aromatic rings. The molecule has 10 nitrogen and oxygen atoms in total. The van der Waals surface area contributed by atoms with E-state index in [0.717, 1.165) is 25.7 Å². The third-order valence-electron chi connectivity index (χ3n) is 9.75. The zero-order valence-electron chi connectivity index (χ0n) is 24.4. The Bertz CT molecular complexity index is 1370. The van der Waals surface area contributed by atoms with Crippen LogP contribution in [-0.4, -0.2) is 57.6 Å². The monoisotopic (exact) mass is 571 g/mol. The van der Waals surface area contributed by atoms with Gasteiger partial charge in [0.2, 0.25) is 5.91 Å². The number of aryl methyl sites for hydroxylation is 1. The van der Waals surface area contributed by atoms with Crippen molar-refractivity contribution < 1.29 is 23.3 Å². The number of nitrogens with one attached hydrogen (secondary N) is 2. The van der Waals surface area contributed by atoms with Crippen LogP contribution in [0.1, 0.15) is 68.3 Å². The van der Waals surface area contributed by atoms with Crippen molar-refractivity contribution in [1.82, 2.24) is 25.6 Å². The first kappa shape index (κ1) is 28.5. The molecule has 0 spiro atoms. The molecule has 7 rings (SSSR count). The first-order valence-electron chi connectivity index (χ1n) is 14.9. The van der Waals surface area contributed by atoms with Crippen molar-refractivity contribution in [2.45, 2.75) is 83.0 Å². The van der Waals surface area contributed by atoms with E-state index >= 15 is 0 Å². The third kappa shape index (κ3) is 5.59. The average molecular weight is 571 g/mol. The molecule has 2 bridgehead atoms. The molecule has 220 valence electrons. The summed E-state index contributed by atoms with van der Waals surface area (Å²) in [6, 6.07) is 9.35. The van der Waals surface area contributed by atoms with Crippen molar-refractivity contribution in [1.29, 1.82) is 0 Å². The van der Waals surface area contributed by atoms with Crippen molar-refractivity contribution in [3.8, 4) is 0 Å². The lowest BCUT2D eigenvalue weighted by Gasteiger charge is -2.64. The van der Waals surface area contributed by atoms with Gasteiger partial charge in [-0.05, 0) is 61.8 Å². The van der Waals surface area contributed by atoms with E-state index in [4.69, 9.17) is 13.7 Å². The maximum absolute atomic E-state index is 13.9. The lowest BCUT2D eigenvalue weighted by atomic mass is 9.43. The smallest absolute Gasteiger partial charge is 0.448 e. The van der Waals surface area contributed by atoms with E-state index in [9.17, 15) is 9.59 Å². The number of carbonyl (C=O) groups is 2. The summed E-state index contributed by atoms with van der Waals surface area (Å²) in [6.45, 7) is 6.84. The summed E-state index contributed by atoms with van der Waals surface area (Å²) < 4.78 is 18.8. The number of nitrogens with zero attached hydrogens (tertiary/aromatic N) is 3. The molecule has 6 atom stereocenters. The minimum atomic E-state index is -0.935. The quantitative estimate of drug-likeness (QED) is 0.335. The molecule has 2 aromatic heterocycles. The number of hydrogen-bond acceptors (Lipinski definition) is 8. The van der Waals surface area contributed by atoms with Crippen LogP contribution in [0.2, 0.25) is 0 Å². The van der Waals surface area contributed by atoms with E-state index in [-0.39, 0.29) is 29.5 Å². The van der Waals surface area contributed by atoms with E-state index in [1.807, 2.05) is 18.2 Å². The van der Waals surface area contributed by atoms with Crippen LogP contribution in [0.3, 0.4) is 0 Å². The van der Waals surface area contributed by atoms with Crippen molar-refractivity contribution >= 4 is 18.9 Å². The van der Waals surface area contributed by atoms with E-state index in [0.29, 0.717) is 24.0 Å². The predicted octanol–water partition coefficient (Wildman–Crippen LogP) is 3.58. The molecule has 0 unspecified atom stereocenters. The topological polar surface area (TPSA) is 128 Å². The number of oxazole rings is 1. The zero-order valence-corrected chi connectivity index (χ0v) is 24.4. The average Bonchev–Trinajstić information content (AvgIpc) is 3.64. The lowest BCUT2D eigenvalue weighted by molar-refractivity contribution is -0.199. The largest absolute Gasteiger partial charge is 0.481 e. The van der Waals surface area contributed by atoms with Gasteiger partial charge in [-0.3, -0.25) is 14.6 Å². The Labute approximate surface area is 246 Å².